The molecule has 190 valence electrons. The highest BCUT2D eigenvalue weighted by Crippen LogP contribution is 2.35. The second-order valence-corrected chi connectivity index (χ2v) is 9.79. The van der Waals surface area contributed by atoms with E-state index in [1.54, 1.807) is 17.3 Å². The van der Waals surface area contributed by atoms with E-state index in [9.17, 15) is 9.59 Å². The first-order valence-corrected chi connectivity index (χ1v) is 12.5. The zero-order chi connectivity index (χ0) is 25.1. The molecule has 3 aliphatic rings. The topological polar surface area (TPSA) is 99.6 Å². The molecule has 1 aromatic heterocycles. The lowest BCUT2D eigenvalue weighted by molar-refractivity contribution is -0.154. The van der Waals surface area contributed by atoms with E-state index in [1.807, 2.05) is 42.2 Å². The van der Waals surface area contributed by atoms with Crippen molar-refractivity contribution in [2.75, 3.05) is 49.5 Å². The van der Waals surface area contributed by atoms with Crippen LogP contribution in [0.4, 0.5) is 16.3 Å². The van der Waals surface area contributed by atoms with Crippen molar-refractivity contribution in [3.05, 3.63) is 53.2 Å². The van der Waals surface area contributed by atoms with Crippen LogP contribution >= 0.6 is 11.6 Å². The van der Waals surface area contributed by atoms with E-state index in [1.165, 1.54) is 0 Å². The largest absolute Gasteiger partial charge is 0.430 e. The number of pyridine rings is 1. The number of amides is 2. The van der Waals surface area contributed by atoms with Gasteiger partial charge in [0.15, 0.2) is 0 Å². The summed E-state index contributed by atoms with van der Waals surface area (Å²) in [5.74, 6) is 0.656. The molecule has 4 heterocycles. The van der Waals surface area contributed by atoms with Crippen molar-refractivity contribution in [2.24, 2.45) is 5.16 Å². The van der Waals surface area contributed by atoms with E-state index in [4.69, 9.17) is 21.3 Å². The molecule has 11 heteroatoms. The molecular weight excluding hydrogens is 484 g/mol. The summed E-state index contributed by atoms with van der Waals surface area (Å²) in [5.41, 5.74) is 1.66. The maximum absolute atomic E-state index is 13.1. The lowest BCUT2D eigenvalue weighted by Crippen LogP contribution is -2.51. The molecule has 36 heavy (non-hydrogen) atoms. The molecule has 2 aromatic rings. The number of carbonyl (C=O) groups is 2. The third kappa shape index (κ3) is 5.39. The van der Waals surface area contributed by atoms with Gasteiger partial charge in [0.1, 0.15) is 17.1 Å². The van der Waals surface area contributed by atoms with Gasteiger partial charge < -0.3 is 19.5 Å². The predicted molar refractivity (Wildman–Crippen MR) is 136 cm³/mol. The van der Waals surface area contributed by atoms with Crippen molar-refractivity contribution in [1.82, 2.24) is 14.9 Å². The number of rotatable bonds is 4. The molecule has 2 amide bonds. The fraction of sp³-hybridized carbons (Fsp3) is 0.440. The zero-order valence-corrected chi connectivity index (χ0v) is 20.9. The number of hydrogen-bond acceptors (Lipinski definition) is 8. The van der Waals surface area contributed by atoms with E-state index in [-0.39, 0.29) is 5.91 Å². The molecule has 0 aliphatic carbocycles. The summed E-state index contributed by atoms with van der Waals surface area (Å²) in [7, 11) is 0. The number of aryl methyl sites for hydroxylation is 1. The van der Waals surface area contributed by atoms with E-state index in [2.05, 4.69) is 20.4 Å². The highest BCUT2D eigenvalue weighted by Gasteiger charge is 2.45. The lowest BCUT2D eigenvalue weighted by atomic mass is 9.87. The maximum Gasteiger partial charge on any atom is 0.430 e. The summed E-state index contributed by atoms with van der Waals surface area (Å²) in [4.78, 5) is 44.9. The summed E-state index contributed by atoms with van der Waals surface area (Å²) in [6, 6.07) is 11.1. The minimum Gasteiger partial charge on any atom is -0.388 e. The fourth-order valence-corrected chi connectivity index (χ4v) is 5.03. The number of piperidine rings is 1. The molecule has 2 fully saturated rings. The van der Waals surface area contributed by atoms with Crippen LogP contribution in [0, 0.1) is 6.92 Å². The molecule has 0 bridgehead atoms. The Balaban J connectivity index is 1.08. The number of halogens is 1. The fourth-order valence-electron chi connectivity index (χ4n) is 4.78. The minimum atomic E-state index is -0.527. The van der Waals surface area contributed by atoms with E-state index >= 15 is 0 Å². The van der Waals surface area contributed by atoms with Crippen LogP contribution in [0.1, 0.15) is 24.8 Å². The van der Waals surface area contributed by atoms with E-state index in [0.717, 1.165) is 11.4 Å². The Hall–Kier alpha value is -3.37. The zero-order valence-electron chi connectivity index (χ0n) is 20.2. The summed E-state index contributed by atoms with van der Waals surface area (Å²) in [6.07, 6.45) is 2.87. The van der Waals surface area contributed by atoms with Gasteiger partial charge in [0.25, 0.3) is 5.91 Å². The molecule has 1 N–H and O–H groups in total. The van der Waals surface area contributed by atoms with Crippen LogP contribution in [-0.2, 0) is 14.5 Å². The first-order valence-electron chi connectivity index (χ1n) is 12.1. The van der Waals surface area contributed by atoms with Crippen molar-refractivity contribution >= 4 is 40.8 Å². The van der Waals surface area contributed by atoms with Crippen LogP contribution in [0.25, 0.3) is 0 Å². The van der Waals surface area contributed by atoms with Gasteiger partial charge in [0.05, 0.1) is 5.02 Å². The predicted octanol–water partition coefficient (Wildman–Crippen LogP) is 3.47. The van der Waals surface area contributed by atoms with Crippen LogP contribution in [0.15, 0.2) is 47.8 Å². The van der Waals surface area contributed by atoms with Crippen molar-refractivity contribution in [3.63, 3.8) is 0 Å². The summed E-state index contributed by atoms with van der Waals surface area (Å²) in [5, 5.41) is 9.15. The van der Waals surface area contributed by atoms with Crippen LogP contribution in [0.2, 0.25) is 5.02 Å². The summed E-state index contributed by atoms with van der Waals surface area (Å²) < 4.78 is 0. The number of oxime groups is 1. The number of nitrogens with one attached hydrogen (secondary N) is 1. The third-order valence-corrected chi connectivity index (χ3v) is 7.10. The molecule has 3 aliphatic heterocycles. The van der Waals surface area contributed by atoms with Gasteiger partial charge in [0, 0.05) is 70.4 Å². The summed E-state index contributed by atoms with van der Waals surface area (Å²) in [6.45, 7) is 5.40. The number of carbonyl (C=O) groups excluding carboxylic acids is 2. The van der Waals surface area contributed by atoms with Crippen LogP contribution in [-0.4, -0.2) is 77.5 Å². The number of nitrogens with zero attached hydrogens (tertiary/aromatic N) is 5. The smallest absolute Gasteiger partial charge is 0.388 e. The first kappa shape index (κ1) is 24.3. The second kappa shape index (κ2) is 10.3. The Morgan fingerprint density at radius 3 is 2.58 bits per heavy atom. The molecule has 0 unspecified atom stereocenters. The lowest BCUT2D eigenvalue weighted by Gasteiger charge is -2.36. The number of benzene rings is 1. The van der Waals surface area contributed by atoms with Crippen LogP contribution in [0.3, 0.4) is 0 Å². The molecule has 5 rings (SSSR count). The Morgan fingerprint density at radius 1 is 1.08 bits per heavy atom. The average molecular weight is 513 g/mol. The third-order valence-electron chi connectivity index (χ3n) is 6.80. The Bertz CT molecular complexity index is 1160. The van der Waals surface area contributed by atoms with Gasteiger partial charge in [-0.25, -0.2) is 9.78 Å². The Labute approximate surface area is 214 Å². The van der Waals surface area contributed by atoms with Crippen LogP contribution < -0.4 is 10.2 Å². The SMILES string of the molecule is Cc1cccc(NC(=O)ON2CCC3(CC2)CC(C(=O)N2CCN(c4ncccc4Cl)CC2)=NO3)c1. The average Bonchev–Trinajstić information content (AvgIpc) is 3.29. The first-order chi connectivity index (χ1) is 17.4. The van der Waals surface area contributed by atoms with Gasteiger partial charge in [-0.2, -0.15) is 0 Å². The molecule has 0 atom stereocenters. The van der Waals surface area contributed by atoms with E-state index in [0.29, 0.717) is 75.0 Å². The van der Waals surface area contributed by atoms with Gasteiger partial charge in [-0.05, 0) is 36.8 Å². The minimum absolute atomic E-state index is 0.0881. The molecule has 0 radical (unpaired) electrons. The molecular formula is C25H29ClN6O4. The standard InChI is InChI=1S/C25H29ClN6O4/c1-18-4-2-5-19(16-18)28-24(34)35-32-10-7-25(8-11-32)17-21(29-36-25)23(33)31-14-12-30(13-15-31)22-20(26)6-3-9-27-22/h2-6,9,16H,7-8,10-15,17H2,1H3,(H,28,34). The molecule has 1 aromatic carbocycles. The van der Waals surface area contributed by atoms with Crippen molar-refractivity contribution in [1.29, 1.82) is 0 Å². The molecule has 10 nitrogen and oxygen atoms in total. The number of hydroxylamine groups is 2. The maximum atomic E-state index is 13.1. The quantitative estimate of drug-likeness (QED) is 0.669. The normalized spacial score (nSPS) is 19.6. The number of aromatic nitrogens is 1. The van der Waals surface area contributed by atoms with Gasteiger partial charge in [-0.15, -0.1) is 5.06 Å². The van der Waals surface area contributed by atoms with Crippen molar-refractivity contribution in [3.8, 4) is 0 Å². The molecule has 2 saturated heterocycles. The number of anilines is 2. The molecule has 1 spiro atoms. The van der Waals surface area contributed by atoms with Gasteiger partial charge in [-0.3, -0.25) is 10.1 Å². The van der Waals surface area contributed by atoms with Crippen molar-refractivity contribution in [2.45, 2.75) is 31.8 Å². The summed E-state index contributed by atoms with van der Waals surface area (Å²) >= 11 is 6.27. The highest BCUT2D eigenvalue weighted by atomic mass is 35.5. The van der Waals surface area contributed by atoms with Gasteiger partial charge in [-0.1, -0.05) is 28.9 Å². The number of piperazine rings is 1. The van der Waals surface area contributed by atoms with Crippen molar-refractivity contribution < 1.29 is 19.3 Å². The van der Waals surface area contributed by atoms with Gasteiger partial charge in [0.2, 0.25) is 0 Å². The second-order valence-electron chi connectivity index (χ2n) is 9.38. The van der Waals surface area contributed by atoms with Gasteiger partial charge >= 0.3 is 6.09 Å². The van der Waals surface area contributed by atoms with Crippen LogP contribution in [0.5, 0.6) is 0 Å². The molecule has 0 saturated carbocycles. The monoisotopic (exact) mass is 512 g/mol. The Kier molecular flexibility index (Phi) is 6.97. The number of hydrogen-bond donors (Lipinski definition) is 1. The highest BCUT2D eigenvalue weighted by molar-refractivity contribution is 6.39. The Morgan fingerprint density at radius 2 is 1.86 bits per heavy atom. The van der Waals surface area contributed by atoms with E-state index < -0.39 is 11.7 Å².